The van der Waals surface area contributed by atoms with Crippen LogP contribution in [-0.2, 0) is 13.2 Å². The molecule has 3 N–H and O–H groups in total. The van der Waals surface area contributed by atoms with Crippen molar-refractivity contribution in [3.05, 3.63) is 108 Å². The summed E-state index contributed by atoms with van der Waals surface area (Å²) >= 11 is 0. The van der Waals surface area contributed by atoms with E-state index in [1.807, 2.05) is 60.7 Å². The molecule has 0 bridgehead atoms. The summed E-state index contributed by atoms with van der Waals surface area (Å²) in [6, 6.07) is 30.2. The maximum atomic E-state index is 12.2. The molecule has 0 spiro atoms. The molecule has 4 nitrogen and oxygen atoms in total. The minimum atomic E-state index is -0.444. The smallest absolute Gasteiger partial charge is 0.249 e. The van der Waals surface area contributed by atoms with Crippen molar-refractivity contribution in [1.82, 2.24) is 4.57 Å². The van der Waals surface area contributed by atoms with Crippen LogP contribution in [0.5, 0.6) is 0 Å². The number of primary amides is 1. The molecule has 152 valence electrons. The van der Waals surface area contributed by atoms with Gasteiger partial charge in [-0.15, -0.1) is 0 Å². The van der Waals surface area contributed by atoms with Gasteiger partial charge in [-0.05, 0) is 40.5 Å². The number of fused-ring (bicyclic) bond motifs is 3. The minimum absolute atomic E-state index is 0.0409. The number of nitrogens with zero attached hydrogens (tertiary/aromatic N) is 1. The van der Waals surface area contributed by atoms with Crippen molar-refractivity contribution in [3.8, 4) is 11.1 Å². The van der Waals surface area contributed by atoms with Gasteiger partial charge < -0.3 is 15.4 Å². The lowest BCUT2D eigenvalue weighted by Gasteiger charge is -2.13. The molecule has 0 fully saturated rings. The first-order chi connectivity index (χ1) is 15.2. The Morgan fingerprint density at radius 3 is 2.39 bits per heavy atom. The second kappa shape index (κ2) is 7.74. The summed E-state index contributed by atoms with van der Waals surface area (Å²) in [7, 11) is 0. The van der Waals surface area contributed by atoms with Gasteiger partial charge in [-0.2, -0.15) is 0 Å². The maximum absolute atomic E-state index is 12.2. The molecule has 0 unspecified atom stereocenters. The Labute approximate surface area is 180 Å². The summed E-state index contributed by atoms with van der Waals surface area (Å²) in [4.78, 5) is 12.2. The van der Waals surface area contributed by atoms with Crippen LogP contribution in [0.25, 0.3) is 32.9 Å². The molecular formula is C27H22N2O2. The molecule has 0 aliphatic heterocycles. The third-order valence-corrected chi connectivity index (χ3v) is 5.83. The van der Waals surface area contributed by atoms with Gasteiger partial charge in [0.25, 0.3) is 0 Å². The Bertz CT molecular complexity index is 1420. The molecule has 1 heterocycles. The number of aliphatic hydroxyl groups excluding tert-OH is 1. The van der Waals surface area contributed by atoms with Gasteiger partial charge in [-0.1, -0.05) is 72.8 Å². The van der Waals surface area contributed by atoms with Crippen LogP contribution in [0.3, 0.4) is 0 Å². The molecule has 5 aromatic rings. The van der Waals surface area contributed by atoms with E-state index in [9.17, 15) is 9.90 Å². The highest BCUT2D eigenvalue weighted by Gasteiger charge is 2.17. The van der Waals surface area contributed by atoms with Crippen molar-refractivity contribution in [1.29, 1.82) is 0 Å². The van der Waals surface area contributed by atoms with Gasteiger partial charge in [0.15, 0.2) is 0 Å². The third-order valence-electron chi connectivity index (χ3n) is 5.83. The Morgan fingerprint density at radius 2 is 1.61 bits per heavy atom. The van der Waals surface area contributed by atoms with Gasteiger partial charge in [0.2, 0.25) is 5.91 Å². The van der Waals surface area contributed by atoms with Crippen LogP contribution < -0.4 is 5.73 Å². The molecule has 4 aromatic carbocycles. The van der Waals surface area contributed by atoms with Crippen LogP contribution in [0, 0.1) is 0 Å². The molecule has 0 saturated heterocycles. The van der Waals surface area contributed by atoms with Crippen LogP contribution in [0.2, 0.25) is 0 Å². The van der Waals surface area contributed by atoms with E-state index in [1.165, 1.54) is 11.1 Å². The number of rotatable bonds is 5. The van der Waals surface area contributed by atoms with Gasteiger partial charge in [0.1, 0.15) is 0 Å². The van der Waals surface area contributed by atoms with E-state index in [0.717, 1.165) is 32.9 Å². The quantitative estimate of drug-likeness (QED) is 0.426. The molecule has 0 radical (unpaired) electrons. The lowest BCUT2D eigenvalue weighted by atomic mass is 9.99. The molecule has 1 amide bonds. The Kier molecular flexibility index (Phi) is 4.77. The van der Waals surface area contributed by atoms with Crippen LogP contribution in [0.1, 0.15) is 21.5 Å². The van der Waals surface area contributed by atoms with Gasteiger partial charge in [-0.25, -0.2) is 0 Å². The number of aliphatic hydroxyl groups is 1. The molecule has 31 heavy (non-hydrogen) atoms. The van der Waals surface area contributed by atoms with Gasteiger partial charge >= 0.3 is 0 Å². The molecule has 0 atom stereocenters. The van der Waals surface area contributed by atoms with E-state index < -0.39 is 5.91 Å². The lowest BCUT2D eigenvalue weighted by Crippen LogP contribution is -2.11. The monoisotopic (exact) mass is 406 g/mol. The Morgan fingerprint density at radius 1 is 0.839 bits per heavy atom. The zero-order chi connectivity index (χ0) is 21.4. The van der Waals surface area contributed by atoms with E-state index in [0.29, 0.717) is 12.1 Å². The summed E-state index contributed by atoms with van der Waals surface area (Å²) in [5, 5.41) is 11.5. The first-order valence-electron chi connectivity index (χ1n) is 10.2. The largest absolute Gasteiger partial charge is 0.392 e. The van der Waals surface area contributed by atoms with Crippen molar-refractivity contribution in [2.24, 2.45) is 5.73 Å². The van der Waals surface area contributed by atoms with Crippen molar-refractivity contribution in [3.63, 3.8) is 0 Å². The molecule has 5 rings (SSSR count). The molecule has 4 heteroatoms. The first kappa shape index (κ1) is 19.1. The van der Waals surface area contributed by atoms with Crippen LogP contribution in [-0.4, -0.2) is 15.6 Å². The first-order valence-corrected chi connectivity index (χ1v) is 10.2. The van der Waals surface area contributed by atoms with Crippen molar-refractivity contribution in [2.75, 3.05) is 0 Å². The van der Waals surface area contributed by atoms with E-state index >= 15 is 0 Å². The molecule has 0 saturated carbocycles. The van der Waals surface area contributed by atoms with Gasteiger partial charge in [0.05, 0.1) is 12.1 Å². The number of benzene rings is 4. The van der Waals surface area contributed by atoms with E-state index in [-0.39, 0.29) is 6.61 Å². The number of carbonyl (C=O) groups is 1. The van der Waals surface area contributed by atoms with Crippen molar-refractivity contribution in [2.45, 2.75) is 13.2 Å². The Balaban J connectivity index is 1.78. The highest BCUT2D eigenvalue weighted by atomic mass is 16.3. The van der Waals surface area contributed by atoms with E-state index in [1.54, 1.807) is 6.07 Å². The number of amides is 1. The lowest BCUT2D eigenvalue weighted by molar-refractivity contribution is 0.100. The van der Waals surface area contributed by atoms with Crippen molar-refractivity contribution < 1.29 is 9.90 Å². The average molecular weight is 406 g/mol. The number of hydrogen-bond donors (Lipinski definition) is 2. The molecule has 0 aliphatic carbocycles. The minimum Gasteiger partial charge on any atom is -0.392 e. The fourth-order valence-corrected chi connectivity index (χ4v) is 4.39. The second-order valence-corrected chi connectivity index (χ2v) is 7.68. The highest BCUT2D eigenvalue weighted by Crippen LogP contribution is 2.34. The Hall–Kier alpha value is -3.89. The normalized spacial score (nSPS) is 11.3. The van der Waals surface area contributed by atoms with Crippen LogP contribution >= 0.6 is 0 Å². The van der Waals surface area contributed by atoms with Crippen molar-refractivity contribution >= 4 is 27.7 Å². The third kappa shape index (κ3) is 3.27. The zero-order valence-corrected chi connectivity index (χ0v) is 17.0. The van der Waals surface area contributed by atoms with E-state index in [2.05, 4.69) is 28.8 Å². The average Bonchev–Trinajstić information content (AvgIpc) is 3.13. The number of nitrogens with two attached hydrogens (primary N) is 1. The number of carbonyl (C=O) groups excluding carboxylic acids is 1. The predicted molar refractivity (Wildman–Crippen MR) is 125 cm³/mol. The van der Waals surface area contributed by atoms with Crippen LogP contribution in [0.15, 0.2) is 91.0 Å². The topological polar surface area (TPSA) is 68.2 Å². The summed E-state index contributed by atoms with van der Waals surface area (Å²) in [5.74, 6) is -0.444. The summed E-state index contributed by atoms with van der Waals surface area (Å²) in [6.07, 6.45) is 0. The second-order valence-electron chi connectivity index (χ2n) is 7.68. The molecule has 1 aromatic heterocycles. The zero-order valence-electron chi connectivity index (χ0n) is 17.0. The van der Waals surface area contributed by atoms with Crippen LogP contribution in [0.4, 0.5) is 0 Å². The standard InChI is InChI=1S/C27H22N2O2/c28-27(31)23-11-6-12-24-26(23)22-14-13-18(17-30)15-25(22)29(24)16-20-9-4-5-10-21(20)19-7-2-1-3-8-19/h1-15,30H,16-17H2,(H2,28,31). The summed E-state index contributed by atoms with van der Waals surface area (Å²) < 4.78 is 2.21. The molecule has 0 aliphatic rings. The summed E-state index contributed by atoms with van der Waals surface area (Å²) in [5.41, 5.74) is 12.5. The van der Waals surface area contributed by atoms with E-state index in [4.69, 9.17) is 5.73 Å². The molecular weight excluding hydrogens is 384 g/mol. The number of aromatic nitrogens is 1. The summed E-state index contributed by atoms with van der Waals surface area (Å²) in [6.45, 7) is 0.586. The SMILES string of the molecule is NC(=O)c1cccc2c1c1ccc(CO)cc1n2Cc1ccccc1-c1ccccc1. The number of hydrogen-bond acceptors (Lipinski definition) is 2. The van der Waals surface area contributed by atoms with Gasteiger partial charge in [0, 0.05) is 28.4 Å². The maximum Gasteiger partial charge on any atom is 0.249 e. The fraction of sp³-hybridized carbons (Fsp3) is 0.0741. The fourth-order valence-electron chi connectivity index (χ4n) is 4.39. The predicted octanol–water partition coefficient (Wildman–Crippen LogP) is 5.10. The van der Waals surface area contributed by atoms with Gasteiger partial charge in [-0.3, -0.25) is 4.79 Å². The highest BCUT2D eigenvalue weighted by molar-refractivity contribution is 6.18.